The lowest BCUT2D eigenvalue weighted by Crippen LogP contribution is -2.45. The minimum absolute atomic E-state index is 0.00188. The molecule has 1 heterocycles. The predicted molar refractivity (Wildman–Crippen MR) is 73.9 cm³/mol. The number of hydrogen-bond donors (Lipinski definition) is 1. The van der Waals surface area contributed by atoms with Crippen molar-refractivity contribution in [2.24, 2.45) is 17.6 Å². The largest absolute Gasteiger partial charge is 0.468 e. The van der Waals surface area contributed by atoms with Gasteiger partial charge in [-0.2, -0.15) is 0 Å². The lowest BCUT2D eigenvalue weighted by Gasteiger charge is -2.41. The van der Waals surface area contributed by atoms with Crippen LogP contribution in [-0.4, -0.2) is 6.04 Å². The topological polar surface area (TPSA) is 39.2 Å². The fourth-order valence-corrected chi connectivity index (χ4v) is 3.96. The van der Waals surface area contributed by atoms with Gasteiger partial charge in [-0.1, -0.05) is 27.2 Å². The molecule has 0 saturated heterocycles. The molecule has 3 unspecified atom stereocenters. The second kappa shape index (κ2) is 4.77. The average Bonchev–Trinajstić information content (AvgIpc) is 2.64. The molecule has 3 heteroatoms. The summed E-state index contributed by atoms with van der Waals surface area (Å²) in [5, 5.41) is 0. The van der Waals surface area contributed by atoms with Gasteiger partial charge in [-0.15, -0.1) is 0 Å². The van der Waals surface area contributed by atoms with E-state index in [1.54, 1.807) is 6.26 Å². The smallest absolute Gasteiger partial charge is 0.123 e. The van der Waals surface area contributed by atoms with Gasteiger partial charge in [0.1, 0.15) is 5.76 Å². The van der Waals surface area contributed by atoms with Crippen LogP contribution in [0.3, 0.4) is 0 Å². The average molecular weight is 300 g/mol. The first-order chi connectivity index (χ1) is 7.93. The van der Waals surface area contributed by atoms with Crippen molar-refractivity contribution in [1.29, 1.82) is 0 Å². The summed E-state index contributed by atoms with van der Waals surface area (Å²) in [5.74, 6) is 2.30. The second-order valence-corrected chi connectivity index (χ2v) is 6.86. The molecule has 1 aromatic rings. The first-order valence-corrected chi connectivity index (χ1v) is 7.21. The fraction of sp³-hybridized carbons (Fsp3) is 0.714. The molecular formula is C14H22BrNO. The van der Waals surface area contributed by atoms with Gasteiger partial charge in [0.25, 0.3) is 0 Å². The number of halogens is 1. The number of furan rings is 1. The molecule has 0 radical (unpaired) electrons. The van der Waals surface area contributed by atoms with Crippen molar-refractivity contribution in [2.75, 3.05) is 0 Å². The highest BCUT2D eigenvalue weighted by Gasteiger charge is 2.41. The molecule has 0 aliphatic heterocycles. The Morgan fingerprint density at radius 3 is 2.65 bits per heavy atom. The van der Waals surface area contributed by atoms with Crippen molar-refractivity contribution < 1.29 is 4.42 Å². The van der Waals surface area contributed by atoms with E-state index in [0.29, 0.717) is 5.92 Å². The highest BCUT2D eigenvalue weighted by molar-refractivity contribution is 9.10. The summed E-state index contributed by atoms with van der Waals surface area (Å²) in [6.07, 6.45) is 5.35. The highest BCUT2D eigenvalue weighted by atomic mass is 79.9. The second-order valence-electron chi connectivity index (χ2n) is 6.01. The van der Waals surface area contributed by atoms with E-state index >= 15 is 0 Å². The molecule has 1 fully saturated rings. The Bertz CT molecular complexity index is 385. The summed E-state index contributed by atoms with van der Waals surface area (Å²) in [4.78, 5) is 0. The third-order valence-electron chi connectivity index (χ3n) is 4.29. The Morgan fingerprint density at radius 1 is 1.41 bits per heavy atom. The maximum Gasteiger partial charge on any atom is 0.123 e. The first kappa shape index (κ1) is 13.2. The number of hydrogen-bond acceptors (Lipinski definition) is 2. The Labute approximate surface area is 112 Å². The van der Waals surface area contributed by atoms with Gasteiger partial charge in [0.05, 0.1) is 10.7 Å². The van der Waals surface area contributed by atoms with Gasteiger partial charge >= 0.3 is 0 Å². The summed E-state index contributed by atoms with van der Waals surface area (Å²) in [7, 11) is 0. The van der Waals surface area contributed by atoms with E-state index in [4.69, 9.17) is 10.2 Å². The van der Waals surface area contributed by atoms with Crippen molar-refractivity contribution in [3.63, 3.8) is 0 Å². The van der Waals surface area contributed by atoms with Crippen LogP contribution >= 0.6 is 15.9 Å². The Morgan fingerprint density at radius 2 is 2.12 bits per heavy atom. The van der Waals surface area contributed by atoms with E-state index in [1.165, 1.54) is 12.8 Å². The van der Waals surface area contributed by atoms with Crippen LogP contribution < -0.4 is 5.73 Å². The van der Waals surface area contributed by atoms with Gasteiger partial charge in [0.2, 0.25) is 0 Å². The van der Waals surface area contributed by atoms with E-state index in [1.807, 2.05) is 6.07 Å². The third-order valence-corrected chi connectivity index (χ3v) is 4.92. The van der Waals surface area contributed by atoms with Gasteiger partial charge in [-0.3, -0.25) is 0 Å². The van der Waals surface area contributed by atoms with E-state index in [9.17, 15) is 0 Å². The van der Waals surface area contributed by atoms with Crippen LogP contribution in [0.4, 0.5) is 0 Å². The van der Waals surface area contributed by atoms with E-state index in [0.717, 1.165) is 22.6 Å². The summed E-state index contributed by atoms with van der Waals surface area (Å²) in [6.45, 7) is 6.79. The minimum Gasteiger partial charge on any atom is -0.468 e. The molecule has 0 bridgehead atoms. The molecule has 2 rings (SSSR count). The van der Waals surface area contributed by atoms with Crippen LogP contribution in [0, 0.1) is 11.8 Å². The molecule has 1 aliphatic carbocycles. The molecule has 0 spiro atoms. The van der Waals surface area contributed by atoms with Gasteiger partial charge in [-0.25, -0.2) is 0 Å². The van der Waals surface area contributed by atoms with Crippen LogP contribution in [0.5, 0.6) is 0 Å². The molecule has 0 amide bonds. The molecule has 1 saturated carbocycles. The summed E-state index contributed by atoms with van der Waals surface area (Å²) < 4.78 is 6.72. The molecule has 3 atom stereocenters. The van der Waals surface area contributed by atoms with Crippen molar-refractivity contribution in [1.82, 2.24) is 0 Å². The van der Waals surface area contributed by atoms with Crippen LogP contribution in [-0.2, 0) is 5.41 Å². The van der Waals surface area contributed by atoms with Gasteiger partial charge in [0, 0.05) is 11.5 Å². The molecular weight excluding hydrogens is 278 g/mol. The molecule has 2 nitrogen and oxygen atoms in total. The van der Waals surface area contributed by atoms with Crippen LogP contribution in [0.25, 0.3) is 0 Å². The quantitative estimate of drug-likeness (QED) is 0.893. The zero-order chi connectivity index (χ0) is 12.6. The van der Waals surface area contributed by atoms with Crippen molar-refractivity contribution in [3.8, 4) is 0 Å². The maximum atomic E-state index is 6.35. The molecule has 0 aromatic carbocycles. The fourth-order valence-electron chi connectivity index (χ4n) is 3.24. The predicted octanol–water partition coefficient (Wildman–Crippen LogP) is 4.08. The first-order valence-electron chi connectivity index (χ1n) is 6.42. The van der Waals surface area contributed by atoms with Crippen LogP contribution in [0.15, 0.2) is 21.2 Å². The summed E-state index contributed by atoms with van der Waals surface area (Å²) in [5.41, 5.74) is 6.36. The highest BCUT2D eigenvalue weighted by Crippen LogP contribution is 2.44. The van der Waals surface area contributed by atoms with Crippen molar-refractivity contribution in [3.05, 3.63) is 22.6 Å². The third kappa shape index (κ3) is 2.45. The van der Waals surface area contributed by atoms with E-state index in [-0.39, 0.29) is 11.5 Å². The monoisotopic (exact) mass is 299 g/mol. The maximum absolute atomic E-state index is 6.35. The standard InChI is InChI=1S/C14H22BrNO/c1-9-4-5-10(12(16)8-9)14(2,3)13-11(15)6-7-17-13/h6-7,9-10,12H,4-5,8,16H2,1-3H3. The van der Waals surface area contributed by atoms with Crippen molar-refractivity contribution >= 4 is 15.9 Å². The van der Waals surface area contributed by atoms with Crippen LogP contribution in [0.1, 0.15) is 45.8 Å². The van der Waals surface area contributed by atoms with E-state index in [2.05, 4.69) is 36.7 Å². The lowest BCUT2D eigenvalue weighted by atomic mass is 9.65. The van der Waals surface area contributed by atoms with E-state index < -0.39 is 0 Å². The minimum atomic E-state index is 0.00188. The number of rotatable bonds is 2. The molecule has 17 heavy (non-hydrogen) atoms. The zero-order valence-electron chi connectivity index (χ0n) is 10.9. The zero-order valence-corrected chi connectivity index (χ0v) is 12.5. The molecule has 1 aromatic heterocycles. The number of nitrogens with two attached hydrogens (primary N) is 1. The normalized spacial score (nSPS) is 30.5. The summed E-state index contributed by atoms with van der Waals surface area (Å²) >= 11 is 3.57. The SMILES string of the molecule is CC1CCC(C(C)(C)c2occc2Br)C(N)C1. The molecule has 2 N–H and O–H groups in total. The lowest BCUT2D eigenvalue weighted by molar-refractivity contribution is 0.152. The van der Waals surface area contributed by atoms with Crippen LogP contribution in [0.2, 0.25) is 0 Å². The Balaban J connectivity index is 2.24. The van der Waals surface area contributed by atoms with Crippen molar-refractivity contribution in [2.45, 2.75) is 51.5 Å². The summed E-state index contributed by atoms with van der Waals surface area (Å²) in [6, 6.07) is 2.25. The Kier molecular flexibility index (Phi) is 3.69. The van der Waals surface area contributed by atoms with Gasteiger partial charge in [0.15, 0.2) is 0 Å². The Hall–Kier alpha value is -0.280. The molecule has 96 valence electrons. The van der Waals surface area contributed by atoms with Gasteiger partial charge < -0.3 is 10.2 Å². The molecule has 1 aliphatic rings. The van der Waals surface area contributed by atoms with Gasteiger partial charge in [-0.05, 0) is 46.7 Å².